The first kappa shape index (κ1) is 13.7. The molecule has 2 rings (SSSR count). The average Bonchev–Trinajstić information content (AvgIpc) is 2.85. The van der Waals surface area contributed by atoms with Crippen molar-refractivity contribution in [3.63, 3.8) is 0 Å². The highest BCUT2D eigenvalue weighted by Crippen LogP contribution is 2.30. The molecule has 0 aliphatic heterocycles. The number of H-pyrrole nitrogens is 1. The SMILES string of the molecule is CCCCN(c1cc2[nH]ncc2cc1N)C(C)CC. The zero-order chi connectivity index (χ0) is 13.8. The lowest BCUT2D eigenvalue weighted by molar-refractivity contribution is 0.596. The van der Waals surface area contributed by atoms with E-state index in [9.17, 15) is 0 Å². The highest BCUT2D eigenvalue weighted by molar-refractivity contribution is 5.89. The van der Waals surface area contributed by atoms with Gasteiger partial charge in [0.05, 0.1) is 23.1 Å². The van der Waals surface area contributed by atoms with Gasteiger partial charge in [-0.15, -0.1) is 0 Å². The molecule has 1 unspecified atom stereocenters. The van der Waals surface area contributed by atoms with Crippen molar-refractivity contribution in [1.29, 1.82) is 0 Å². The molecule has 104 valence electrons. The summed E-state index contributed by atoms with van der Waals surface area (Å²) >= 11 is 0. The van der Waals surface area contributed by atoms with Crippen molar-refractivity contribution in [3.8, 4) is 0 Å². The number of aromatic nitrogens is 2. The van der Waals surface area contributed by atoms with Gasteiger partial charge in [0, 0.05) is 18.0 Å². The van der Waals surface area contributed by atoms with E-state index >= 15 is 0 Å². The smallest absolute Gasteiger partial charge is 0.0672 e. The van der Waals surface area contributed by atoms with E-state index in [2.05, 4.69) is 41.9 Å². The molecular formula is C15H24N4. The number of hydrogen-bond donors (Lipinski definition) is 2. The molecule has 0 aliphatic carbocycles. The van der Waals surface area contributed by atoms with Crippen LogP contribution in [0.15, 0.2) is 18.3 Å². The maximum absolute atomic E-state index is 6.23. The summed E-state index contributed by atoms with van der Waals surface area (Å²) < 4.78 is 0. The van der Waals surface area contributed by atoms with Gasteiger partial charge in [-0.1, -0.05) is 20.3 Å². The van der Waals surface area contributed by atoms with Gasteiger partial charge >= 0.3 is 0 Å². The number of rotatable bonds is 6. The number of fused-ring (bicyclic) bond motifs is 1. The standard InChI is InChI=1S/C15H24N4/c1-4-6-7-19(11(3)5-2)15-9-14-12(8-13(15)16)10-17-18-14/h8-11H,4-7,16H2,1-3H3,(H,17,18). The molecule has 0 spiro atoms. The van der Waals surface area contributed by atoms with Crippen LogP contribution >= 0.6 is 0 Å². The molecule has 1 aromatic heterocycles. The maximum Gasteiger partial charge on any atom is 0.0672 e. The summed E-state index contributed by atoms with van der Waals surface area (Å²) in [6.07, 6.45) is 5.31. The van der Waals surface area contributed by atoms with Crippen molar-refractivity contribution in [3.05, 3.63) is 18.3 Å². The quantitative estimate of drug-likeness (QED) is 0.781. The van der Waals surface area contributed by atoms with Gasteiger partial charge < -0.3 is 10.6 Å². The Hall–Kier alpha value is -1.71. The van der Waals surface area contributed by atoms with E-state index in [1.165, 1.54) is 12.8 Å². The van der Waals surface area contributed by atoms with E-state index in [-0.39, 0.29) is 0 Å². The fourth-order valence-electron chi connectivity index (χ4n) is 2.37. The summed E-state index contributed by atoms with van der Waals surface area (Å²) in [6, 6.07) is 4.63. The van der Waals surface area contributed by atoms with Crippen LogP contribution in [0.4, 0.5) is 11.4 Å². The van der Waals surface area contributed by atoms with Crippen LogP contribution in [-0.2, 0) is 0 Å². The van der Waals surface area contributed by atoms with Crippen LogP contribution in [-0.4, -0.2) is 22.8 Å². The third-order valence-corrected chi connectivity index (χ3v) is 3.77. The first-order valence-electron chi connectivity index (χ1n) is 7.16. The van der Waals surface area contributed by atoms with Gasteiger partial charge in [-0.05, 0) is 31.9 Å². The Morgan fingerprint density at radius 1 is 1.37 bits per heavy atom. The van der Waals surface area contributed by atoms with E-state index < -0.39 is 0 Å². The van der Waals surface area contributed by atoms with E-state index in [0.717, 1.165) is 35.2 Å². The Labute approximate surface area is 115 Å². The Morgan fingerprint density at radius 2 is 2.16 bits per heavy atom. The maximum atomic E-state index is 6.23. The number of aromatic amines is 1. The lowest BCUT2D eigenvalue weighted by atomic mass is 10.1. The van der Waals surface area contributed by atoms with Gasteiger partial charge in [0.2, 0.25) is 0 Å². The van der Waals surface area contributed by atoms with Crippen LogP contribution in [0, 0.1) is 0 Å². The molecule has 19 heavy (non-hydrogen) atoms. The van der Waals surface area contributed by atoms with Crippen LogP contribution in [0.5, 0.6) is 0 Å². The molecule has 1 aromatic carbocycles. The van der Waals surface area contributed by atoms with Gasteiger partial charge in [-0.3, -0.25) is 5.10 Å². The number of nitrogens with one attached hydrogen (secondary N) is 1. The Balaban J connectivity index is 2.38. The minimum absolute atomic E-state index is 0.495. The highest BCUT2D eigenvalue weighted by Gasteiger charge is 2.16. The predicted molar refractivity (Wildman–Crippen MR) is 82.5 cm³/mol. The van der Waals surface area contributed by atoms with Crippen LogP contribution in [0.2, 0.25) is 0 Å². The number of unbranched alkanes of at least 4 members (excludes halogenated alkanes) is 1. The van der Waals surface area contributed by atoms with Gasteiger partial charge in [0.25, 0.3) is 0 Å². The molecule has 0 radical (unpaired) electrons. The topological polar surface area (TPSA) is 57.9 Å². The third kappa shape index (κ3) is 2.83. The molecule has 0 saturated carbocycles. The second kappa shape index (κ2) is 5.95. The highest BCUT2D eigenvalue weighted by atomic mass is 15.2. The Bertz CT molecular complexity index is 532. The molecule has 4 heteroatoms. The average molecular weight is 260 g/mol. The van der Waals surface area contributed by atoms with E-state index in [1.54, 1.807) is 0 Å². The molecular weight excluding hydrogens is 236 g/mol. The molecule has 0 amide bonds. The normalized spacial score (nSPS) is 12.8. The lowest BCUT2D eigenvalue weighted by Crippen LogP contribution is -2.34. The van der Waals surface area contributed by atoms with Crippen LogP contribution in [0.25, 0.3) is 10.9 Å². The van der Waals surface area contributed by atoms with Gasteiger partial charge in [0.1, 0.15) is 0 Å². The van der Waals surface area contributed by atoms with Gasteiger partial charge in [-0.25, -0.2) is 0 Å². The number of nitrogen functional groups attached to an aromatic ring is 1. The van der Waals surface area contributed by atoms with Crippen molar-refractivity contribution in [1.82, 2.24) is 10.2 Å². The minimum Gasteiger partial charge on any atom is -0.397 e. The fraction of sp³-hybridized carbons (Fsp3) is 0.533. The van der Waals surface area contributed by atoms with E-state index in [4.69, 9.17) is 5.73 Å². The van der Waals surface area contributed by atoms with Crippen LogP contribution in [0.1, 0.15) is 40.0 Å². The molecule has 1 atom stereocenters. The summed E-state index contributed by atoms with van der Waals surface area (Å²) in [4.78, 5) is 2.42. The summed E-state index contributed by atoms with van der Waals surface area (Å²) in [5.74, 6) is 0. The van der Waals surface area contributed by atoms with E-state index in [1.807, 2.05) is 12.3 Å². The monoisotopic (exact) mass is 260 g/mol. The molecule has 3 N–H and O–H groups in total. The van der Waals surface area contributed by atoms with Gasteiger partial charge in [0.15, 0.2) is 0 Å². The largest absolute Gasteiger partial charge is 0.397 e. The zero-order valence-electron chi connectivity index (χ0n) is 12.1. The van der Waals surface area contributed by atoms with E-state index in [0.29, 0.717) is 6.04 Å². The molecule has 4 nitrogen and oxygen atoms in total. The second-order valence-electron chi connectivity index (χ2n) is 5.17. The molecule has 0 fully saturated rings. The summed E-state index contributed by atoms with van der Waals surface area (Å²) in [5, 5.41) is 8.16. The van der Waals surface area contributed by atoms with Crippen molar-refractivity contribution in [2.24, 2.45) is 0 Å². The van der Waals surface area contributed by atoms with Crippen molar-refractivity contribution in [2.75, 3.05) is 17.2 Å². The third-order valence-electron chi connectivity index (χ3n) is 3.77. The molecule has 1 heterocycles. The molecule has 0 bridgehead atoms. The Kier molecular flexibility index (Phi) is 4.30. The summed E-state index contributed by atoms with van der Waals surface area (Å²) in [5.41, 5.74) is 9.24. The van der Waals surface area contributed by atoms with Crippen LogP contribution < -0.4 is 10.6 Å². The fourth-order valence-corrected chi connectivity index (χ4v) is 2.37. The van der Waals surface area contributed by atoms with Gasteiger partial charge in [-0.2, -0.15) is 5.10 Å². The van der Waals surface area contributed by atoms with Crippen LogP contribution in [0.3, 0.4) is 0 Å². The summed E-state index contributed by atoms with van der Waals surface area (Å²) in [7, 11) is 0. The predicted octanol–water partition coefficient (Wildman–Crippen LogP) is 3.55. The molecule has 0 saturated heterocycles. The number of anilines is 2. The number of nitrogens with two attached hydrogens (primary N) is 1. The number of nitrogens with zero attached hydrogens (tertiary/aromatic N) is 2. The Morgan fingerprint density at radius 3 is 2.84 bits per heavy atom. The van der Waals surface area contributed by atoms with Crippen molar-refractivity contribution < 1.29 is 0 Å². The minimum atomic E-state index is 0.495. The first-order valence-corrected chi connectivity index (χ1v) is 7.16. The molecule has 0 aliphatic rings. The zero-order valence-corrected chi connectivity index (χ0v) is 12.1. The van der Waals surface area contributed by atoms with Crippen molar-refractivity contribution >= 4 is 22.3 Å². The second-order valence-corrected chi connectivity index (χ2v) is 5.17. The summed E-state index contributed by atoms with van der Waals surface area (Å²) in [6.45, 7) is 7.74. The molecule has 2 aromatic rings. The number of hydrogen-bond acceptors (Lipinski definition) is 3. The van der Waals surface area contributed by atoms with Crippen molar-refractivity contribution in [2.45, 2.75) is 46.1 Å². The number of benzene rings is 1. The lowest BCUT2D eigenvalue weighted by Gasteiger charge is -2.32. The first-order chi connectivity index (χ1) is 9.17.